The molecule has 6 nitrogen and oxygen atoms in total. The molecule has 2 aliphatic rings. The predicted octanol–water partition coefficient (Wildman–Crippen LogP) is 3.51. The fourth-order valence-corrected chi connectivity index (χ4v) is 4.46. The van der Waals surface area contributed by atoms with Crippen molar-refractivity contribution >= 4 is 45.7 Å². The minimum absolute atomic E-state index is 0.0883. The van der Waals surface area contributed by atoms with Crippen molar-refractivity contribution in [1.82, 2.24) is 9.80 Å². The molecule has 0 spiro atoms. The van der Waals surface area contributed by atoms with E-state index in [4.69, 9.17) is 11.2 Å². The summed E-state index contributed by atoms with van der Waals surface area (Å²) in [6.07, 6.45) is 8.88. The van der Waals surface area contributed by atoms with Crippen molar-refractivity contribution in [3.05, 3.63) is 46.9 Å². The number of carbonyl (C=O) groups is 3. The van der Waals surface area contributed by atoms with E-state index in [1.165, 1.54) is 0 Å². The number of carbonyl (C=O) groups excluding carboxylic acids is 3. The molecular formula is C23H20N2O4S. The first kappa shape index (κ1) is 20.0. The standard InChI is InChI=1S/C23H20N2O4S/c1-2-13-29-19-10-9-16-7-3-4-8-17(16)18(19)14-20-22(27)25(23(28)30-20)15-21(26)24-11-5-6-12-24/h1,3-4,7-10,14H,5-6,11-13,15H2. The molecule has 2 fully saturated rings. The highest BCUT2D eigenvalue weighted by Crippen LogP contribution is 2.36. The van der Waals surface area contributed by atoms with E-state index in [9.17, 15) is 14.4 Å². The van der Waals surface area contributed by atoms with E-state index in [-0.39, 0.29) is 24.0 Å². The van der Waals surface area contributed by atoms with Crippen LogP contribution < -0.4 is 4.74 Å². The minimum Gasteiger partial charge on any atom is -0.480 e. The quantitative estimate of drug-likeness (QED) is 0.547. The summed E-state index contributed by atoms with van der Waals surface area (Å²) in [6.45, 7) is 1.22. The van der Waals surface area contributed by atoms with Crippen LogP contribution in [0.3, 0.4) is 0 Å². The molecule has 2 aromatic rings. The van der Waals surface area contributed by atoms with Gasteiger partial charge in [0.15, 0.2) is 0 Å². The minimum atomic E-state index is -0.464. The summed E-state index contributed by atoms with van der Waals surface area (Å²) in [5.74, 6) is 2.31. The monoisotopic (exact) mass is 420 g/mol. The third-order valence-corrected chi connectivity index (χ3v) is 6.05. The van der Waals surface area contributed by atoms with Gasteiger partial charge < -0.3 is 9.64 Å². The molecule has 3 amide bonds. The number of amides is 3. The van der Waals surface area contributed by atoms with Gasteiger partial charge in [-0.1, -0.05) is 36.3 Å². The second kappa shape index (κ2) is 8.64. The average Bonchev–Trinajstić information content (AvgIpc) is 3.38. The molecule has 0 aromatic heterocycles. The van der Waals surface area contributed by atoms with Crippen LogP contribution in [0.15, 0.2) is 41.3 Å². The molecule has 4 rings (SSSR count). The van der Waals surface area contributed by atoms with Gasteiger partial charge in [0, 0.05) is 18.7 Å². The van der Waals surface area contributed by atoms with Gasteiger partial charge >= 0.3 is 0 Å². The van der Waals surface area contributed by atoms with Crippen molar-refractivity contribution in [1.29, 1.82) is 0 Å². The van der Waals surface area contributed by atoms with Gasteiger partial charge in [0.2, 0.25) is 5.91 Å². The normalized spacial score (nSPS) is 17.8. The fraction of sp³-hybridized carbons (Fsp3) is 0.261. The van der Waals surface area contributed by atoms with Crippen molar-refractivity contribution < 1.29 is 19.1 Å². The molecule has 2 heterocycles. The van der Waals surface area contributed by atoms with Crippen LogP contribution in [0.5, 0.6) is 5.75 Å². The van der Waals surface area contributed by atoms with E-state index >= 15 is 0 Å². The van der Waals surface area contributed by atoms with E-state index in [2.05, 4.69) is 5.92 Å². The summed E-state index contributed by atoms with van der Waals surface area (Å²) < 4.78 is 5.67. The number of rotatable bonds is 5. The predicted molar refractivity (Wildman–Crippen MR) is 117 cm³/mol. The maximum atomic E-state index is 12.9. The molecule has 0 unspecified atom stereocenters. The highest BCUT2D eigenvalue weighted by Gasteiger charge is 2.37. The molecule has 0 saturated carbocycles. The van der Waals surface area contributed by atoms with Crippen molar-refractivity contribution in [2.24, 2.45) is 0 Å². The molecule has 2 aliphatic heterocycles. The van der Waals surface area contributed by atoms with Crippen molar-refractivity contribution in [3.8, 4) is 18.1 Å². The van der Waals surface area contributed by atoms with Gasteiger partial charge in [0.05, 0.1) is 4.91 Å². The van der Waals surface area contributed by atoms with E-state index in [0.717, 1.165) is 40.3 Å². The van der Waals surface area contributed by atoms with Gasteiger partial charge in [-0.2, -0.15) is 0 Å². The second-order valence-electron chi connectivity index (χ2n) is 7.05. The van der Waals surface area contributed by atoms with Crippen LogP contribution in [0.25, 0.3) is 16.8 Å². The number of likely N-dealkylation sites (tertiary alicyclic amines) is 1. The van der Waals surface area contributed by atoms with Gasteiger partial charge in [0.1, 0.15) is 18.9 Å². The number of imide groups is 1. The van der Waals surface area contributed by atoms with Crippen LogP contribution in [-0.2, 0) is 9.59 Å². The van der Waals surface area contributed by atoms with E-state index in [1.807, 2.05) is 30.3 Å². The average molecular weight is 420 g/mol. The van der Waals surface area contributed by atoms with Crippen LogP contribution in [0, 0.1) is 12.3 Å². The Balaban J connectivity index is 1.65. The number of hydrogen-bond donors (Lipinski definition) is 0. The molecule has 7 heteroatoms. The maximum Gasteiger partial charge on any atom is 0.294 e. The molecule has 152 valence electrons. The number of hydrogen-bond acceptors (Lipinski definition) is 5. The third-order valence-electron chi connectivity index (χ3n) is 5.14. The number of benzene rings is 2. The van der Waals surface area contributed by atoms with Crippen LogP contribution in [0.1, 0.15) is 18.4 Å². The molecule has 0 aliphatic carbocycles. The SMILES string of the molecule is C#CCOc1ccc2ccccc2c1C=C1SC(=O)N(CC(=O)N2CCCC2)C1=O. The maximum absolute atomic E-state index is 12.9. The van der Waals surface area contributed by atoms with E-state index in [0.29, 0.717) is 24.4 Å². The zero-order valence-corrected chi connectivity index (χ0v) is 17.1. The van der Waals surface area contributed by atoms with Crippen LogP contribution in [0.2, 0.25) is 0 Å². The lowest BCUT2D eigenvalue weighted by atomic mass is 10.0. The van der Waals surface area contributed by atoms with Gasteiger partial charge in [-0.15, -0.1) is 6.42 Å². The van der Waals surface area contributed by atoms with Gasteiger partial charge in [-0.25, -0.2) is 0 Å². The lowest BCUT2D eigenvalue weighted by Crippen LogP contribution is -2.40. The number of fused-ring (bicyclic) bond motifs is 1. The van der Waals surface area contributed by atoms with E-state index < -0.39 is 11.1 Å². The van der Waals surface area contributed by atoms with Crippen molar-refractivity contribution in [2.75, 3.05) is 26.2 Å². The number of nitrogens with zero attached hydrogens (tertiary/aromatic N) is 2. The molecule has 0 N–H and O–H groups in total. The highest BCUT2D eigenvalue weighted by atomic mass is 32.2. The van der Waals surface area contributed by atoms with Crippen molar-refractivity contribution in [3.63, 3.8) is 0 Å². The summed E-state index contributed by atoms with van der Waals surface area (Å²) in [5, 5.41) is 1.41. The molecule has 0 bridgehead atoms. The van der Waals surface area contributed by atoms with Gasteiger partial charge in [0.25, 0.3) is 11.1 Å². The third kappa shape index (κ3) is 3.91. The smallest absolute Gasteiger partial charge is 0.294 e. The summed E-state index contributed by atoms with van der Waals surface area (Å²) in [6, 6.07) is 11.4. The van der Waals surface area contributed by atoms with Crippen LogP contribution >= 0.6 is 11.8 Å². The number of terminal acetylenes is 1. The summed E-state index contributed by atoms with van der Waals surface area (Å²) in [5.41, 5.74) is 0.680. The van der Waals surface area contributed by atoms with Crippen LogP contribution in [-0.4, -0.2) is 53.1 Å². The number of thioether (sulfide) groups is 1. The molecule has 0 atom stereocenters. The fourth-order valence-electron chi connectivity index (χ4n) is 3.64. The first-order valence-corrected chi connectivity index (χ1v) is 10.5. The zero-order valence-electron chi connectivity index (χ0n) is 16.3. The Bertz CT molecular complexity index is 1100. The van der Waals surface area contributed by atoms with E-state index in [1.54, 1.807) is 17.0 Å². The lowest BCUT2D eigenvalue weighted by Gasteiger charge is -2.18. The Kier molecular flexibility index (Phi) is 5.77. The first-order valence-electron chi connectivity index (χ1n) is 9.69. The molecule has 0 radical (unpaired) electrons. The molecule has 2 saturated heterocycles. The Hall–Kier alpha value is -3.24. The topological polar surface area (TPSA) is 66.9 Å². The Morgan fingerprint density at radius 1 is 1.17 bits per heavy atom. The van der Waals surface area contributed by atoms with Crippen molar-refractivity contribution in [2.45, 2.75) is 12.8 Å². The number of ether oxygens (including phenoxy) is 1. The van der Waals surface area contributed by atoms with Gasteiger partial charge in [-0.3, -0.25) is 19.3 Å². The lowest BCUT2D eigenvalue weighted by molar-refractivity contribution is -0.135. The van der Waals surface area contributed by atoms with Crippen LogP contribution in [0.4, 0.5) is 4.79 Å². The summed E-state index contributed by atoms with van der Waals surface area (Å²) in [4.78, 5) is 40.8. The first-order chi connectivity index (χ1) is 14.6. The highest BCUT2D eigenvalue weighted by molar-refractivity contribution is 8.18. The Labute approximate surface area is 178 Å². The summed E-state index contributed by atoms with van der Waals surface area (Å²) in [7, 11) is 0. The largest absolute Gasteiger partial charge is 0.480 e. The molecule has 2 aromatic carbocycles. The summed E-state index contributed by atoms with van der Waals surface area (Å²) >= 11 is 0.834. The Morgan fingerprint density at radius 2 is 1.93 bits per heavy atom. The second-order valence-corrected chi connectivity index (χ2v) is 8.04. The van der Waals surface area contributed by atoms with Gasteiger partial charge in [-0.05, 0) is 47.5 Å². The molecule has 30 heavy (non-hydrogen) atoms. The molecular weight excluding hydrogens is 400 g/mol. The Morgan fingerprint density at radius 3 is 2.70 bits per heavy atom. The zero-order chi connectivity index (χ0) is 21.1.